The van der Waals surface area contributed by atoms with E-state index in [1.807, 2.05) is 24.3 Å². The fourth-order valence-corrected chi connectivity index (χ4v) is 4.02. The second-order valence-electron chi connectivity index (χ2n) is 5.39. The SMILES string of the molecule is O=C1OC(c2sc3ccccc3c2Cl)=NC1=Cc1ccccc1[N+](=O)[O-]. The lowest BCUT2D eigenvalue weighted by atomic mass is 10.1. The third-order valence-corrected chi connectivity index (χ3v) is 5.44. The van der Waals surface area contributed by atoms with Crippen LogP contribution in [0.2, 0.25) is 5.02 Å². The van der Waals surface area contributed by atoms with Crippen molar-refractivity contribution in [3.05, 3.63) is 79.8 Å². The van der Waals surface area contributed by atoms with Crippen LogP contribution >= 0.6 is 22.9 Å². The highest BCUT2D eigenvalue weighted by molar-refractivity contribution is 7.21. The van der Waals surface area contributed by atoms with Crippen molar-refractivity contribution < 1.29 is 14.5 Å². The van der Waals surface area contributed by atoms with E-state index in [-0.39, 0.29) is 22.8 Å². The molecule has 0 unspecified atom stereocenters. The van der Waals surface area contributed by atoms with Crippen molar-refractivity contribution in [2.75, 3.05) is 0 Å². The molecule has 0 saturated carbocycles. The minimum atomic E-state index is -0.674. The van der Waals surface area contributed by atoms with Gasteiger partial charge in [-0.05, 0) is 18.2 Å². The van der Waals surface area contributed by atoms with E-state index in [1.54, 1.807) is 18.2 Å². The number of nitro groups is 1. The van der Waals surface area contributed by atoms with Crippen LogP contribution in [0, 0.1) is 10.1 Å². The number of nitro benzene ring substituents is 1. The zero-order valence-corrected chi connectivity index (χ0v) is 14.6. The highest BCUT2D eigenvalue weighted by Gasteiger charge is 2.28. The van der Waals surface area contributed by atoms with Gasteiger partial charge in [-0.1, -0.05) is 41.9 Å². The summed E-state index contributed by atoms with van der Waals surface area (Å²) < 4.78 is 6.19. The fourth-order valence-electron chi connectivity index (χ4n) is 2.58. The first-order valence-electron chi connectivity index (χ1n) is 7.48. The Morgan fingerprint density at radius 1 is 1.15 bits per heavy atom. The monoisotopic (exact) mass is 384 g/mol. The van der Waals surface area contributed by atoms with Gasteiger partial charge in [0.1, 0.15) is 4.88 Å². The van der Waals surface area contributed by atoms with Gasteiger partial charge in [-0.25, -0.2) is 9.79 Å². The van der Waals surface area contributed by atoms with Crippen molar-refractivity contribution in [1.82, 2.24) is 0 Å². The highest BCUT2D eigenvalue weighted by atomic mass is 35.5. The zero-order valence-electron chi connectivity index (χ0n) is 13.0. The molecule has 0 amide bonds. The summed E-state index contributed by atoms with van der Waals surface area (Å²) in [4.78, 5) is 27.5. The molecule has 2 aromatic carbocycles. The molecule has 26 heavy (non-hydrogen) atoms. The number of hydrogen-bond acceptors (Lipinski definition) is 6. The lowest BCUT2D eigenvalue weighted by Crippen LogP contribution is -2.04. The molecule has 1 aromatic heterocycles. The minimum Gasteiger partial charge on any atom is -0.401 e. The number of carbonyl (C=O) groups is 1. The molecule has 0 radical (unpaired) electrons. The number of hydrogen-bond donors (Lipinski definition) is 0. The van der Waals surface area contributed by atoms with Gasteiger partial charge in [0.05, 0.1) is 15.5 Å². The molecule has 0 aliphatic carbocycles. The third kappa shape index (κ3) is 2.77. The average molecular weight is 385 g/mol. The Bertz CT molecular complexity index is 1130. The van der Waals surface area contributed by atoms with Gasteiger partial charge in [0.25, 0.3) is 5.69 Å². The fraction of sp³-hybridized carbons (Fsp3) is 0. The molecule has 2 heterocycles. The summed E-state index contributed by atoms with van der Waals surface area (Å²) in [5.74, 6) is -0.572. The van der Waals surface area contributed by atoms with Crippen molar-refractivity contribution in [2.45, 2.75) is 0 Å². The Morgan fingerprint density at radius 2 is 1.88 bits per heavy atom. The van der Waals surface area contributed by atoms with Crippen LogP contribution in [-0.4, -0.2) is 16.8 Å². The summed E-state index contributed by atoms with van der Waals surface area (Å²) in [5, 5.41) is 12.4. The van der Waals surface area contributed by atoms with E-state index in [2.05, 4.69) is 4.99 Å². The number of aliphatic imine (C=N–C) groups is 1. The van der Waals surface area contributed by atoms with Crippen LogP contribution in [0.4, 0.5) is 5.69 Å². The van der Waals surface area contributed by atoms with E-state index in [1.165, 1.54) is 23.5 Å². The molecule has 4 rings (SSSR count). The van der Waals surface area contributed by atoms with Crippen molar-refractivity contribution >= 4 is 56.7 Å². The van der Waals surface area contributed by atoms with E-state index < -0.39 is 10.9 Å². The number of benzene rings is 2. The van der Waals surface area contributed by atoms with Gasteiger partial charge < -0.3 is 4.74 Å². The van der Waals surface area contributed by atoms with Gasteiger partial charge in [-0.2, -0.15) is 0 Å². The molecule has 0 saturated heterocycles. The number of para-hydroxylation sites is 1. The molecule has 0 N–H and O–H groups in total. The van der Waals surface area contributed by atoms with Gasteiger partial charge in [0, 0.05) is 16.2 Å². The number of ether oxygens (including phenoxy) is 1. The first-order chi connectivity index (χ1) is 12.5. The molecule has 1 aliphatic rings. The van der Waals surface area contributed by atoms with Crippen LogP contribution in [0.3, 0.4) is 0 Å². The lowest BCUT2D eigenvalue weighted by molar-refractivity contribution is -0.385. The van der Waals surface area contributed by atoms with E-state index in [9.17, 15) is 14.9 Å². The number of halogens is 1. The highest BCUT2D eigenvalue weighted by Crippen LogP contribution is 2.37. The summed E-state index contributed by atoms with van der Waals surface area (Å²) in [7, 11) is 0. The van der Waals surface area contributed by atoms with Gasteiger partial charge in [-0.15, -0.1) is 11.3 Å². The molecular weight excluding hydrogens is 376 g/mol. The van der Waals surface area contributed by atoms with Crippen molar-refractivity contribution in [3.63, 3.8) is 0 Å². The van der Waals surface area contributed by atoms with E-state index in [0.29, 0.717) is 9.90 Å². The summed E-state index contributed by atoms with van der Waals surface area (Å²) in [5.41, 5.74) is 0.149. The smallest absolute Gasteiger partial charge is 0.363 e. The molecular formula is C18H9ClN2O4S. The van der Waals surface area contributed by atoms with Gasteiger partial charge in [0.15, 0.2) is 5.70 Å². The molecule has 0 atom stereocenters. The van der Waals surface area contributed by atoms with Crippen LogP contribution in [0.1, 0.15) is 10.4 Å². The Kier molecular flexibility index (Phi) is 4.02. The summed E-state index contributed by atoms with van der Waals surface area (Å²) >= 11 is 7.75. The van der Waals surface area contributed by atoms with Crippen molar-refractivity contribution in [3.8, 4) is 0 Å². The molecule has 0 bridgehead atoms. The normalized spacial score (nSPS) is 15.3. The zero-order chi connectivity index (χ0) is 18.3. The van der Waals surface area contributed by atoms with Crippen molar-refractivity contribution in [1.29, 1.82) is 0 Å². The Labute approximate surface area is 156 Å². The van der Waals surface area contributed by atoms with Gasteiger partial charge in [-0.3, -0.25) is 10.1 Å². The third-order valence-electron chi connectivity index (χ3n) is 3.78. The second-order valence-corrected chi connectivity index (χ2v) is 6.82. The Morgan fingerprint density at radius 3 is 2.65 bits per heavy atom. The number of thiophene rings is 1. The van der Waals surface area contributed by atoms with E-state index >= 15 is 0 Å². The maximum Gasteiger partial charge on any atom is 0.363 e. The van der Waals surface area contributed by atoms with Gasteiger partial charge >= 0.3 is 5.97 Å². The van der Waals surface area contributed by atoms with E-state index in [4.69, 9.17) is 16.3 Å². The standard InChI is InChI=1S/C18H9ClN2O4S/c19-15-11-6-2-4-8-14(11)26-16(15)17-20-12(18(22)25-17)9-10-5-1-3-7-13(10)21(23)24/h1-9H. The first kappa shape index (κ1) is 16.4. The van der Waals surface area contributed by atoms with Gasteiger partial charge in [0.2, 0.25) is 5.90 Å². The summed E-state index contributed by atoms with van der Waals surface area (Å²) in [6.07, 6.45) is 1.34. The predicted octanol–water partition coefficient (Wildman–Crippen LogP) is 4.81. The molecule has 8 heteroatoms. The maximum atomic E-state index is 12.2. The Hall–Kier alpha value is -3.03. The number of esters is 1. The van der Waals surface area contributed by atoms with Crippen LogP contribution in [0.25, 0.3) is 16.2 Å². The summed E-state index contributed by atoms with van der Waals surface area (Å²) in [6, 6.07) is 13.6. The summed E-state index contributed by atoms with van der Waals surface area (Å²) in [6.45, 7) is 0. The predicted molar refractivity (Wildman–Crippen MR) is 101 cm³/mol. The van der Waals surface area contributed by atoms with Crippen LogP contribution < -0.4 is 0 Å². The molecule has 0 fully saturated rings. The number of carbonyl (C=O) groups excluding carboxylic acids is 1. The number of cyclic esters (lactones) is 1. The largest absolute Gasteiger partial charge is 0.401 e. The van der Waals surface area contributed by atoms with Crippen molar-refractivity contribution in [2.24, 2.45) is 4.99 Å². The average Bonchev–Trinajstić information content (AvgIpc) is 3.16. The maximum absolute atomic E-state index is 12.2. The first-order valence-corrected chi connectivity index (χ1v) is 8.67. The Balaban J connectivity index is 1.78. The second kappa shape index (κ2) is 6.36. The quantitative estimate of drug-likeness (QED) is 0.281. The topological polar surface area (TPSA) is 81.8 Å². The lowest BCUT2D eigenvalue weighted by Gasteiger charge is -1.96. The van der Waals surface area contributed by atoms with Crippen LogP contribution in [0.5, 0.6) is 0 Å². The van der Waals surface area contributed by atoms with Crippen LogP contribution in [-0.2, 0) is 9.53 Å². The minimum absolute atomic E-state index is 0.0113. The van der Waals surface area contributed by atoms with E-state index in [0.717, 1.165) is 10.1 Å². The molecule has 128 valence electrons. The van der Waals surface area contributed by atoms with Crippen LogP contribution in [0.15, 0.2) is 59.2 Å². The number of rotatable bonds is 3. The molecule has 1 aliphatic heterocycles. The number of nitrogens with zero attached hydrogens (tertiary/aromatic N) is 2. The molecule has 3 aromatic rings. The molecule has 0 spiro atoms. The molecule has 6 nitrogen and oxygen atoms in total. The number of fused-ring (bicyclic) bond motifs is 1.